The van der Waals surface area contributed by atoms with Crippen molar-refractivity contribution in [3.63, 3.8) is 0 Å². The summed E-state index contributed by atoms with van der Waals surface area (Å²) in [4.78, 5) is 10.9. The molecule has 0 bridgehead atoms. The number of rotatable bonds is 4. The van der Waals surface area contributed by atoms with Crippen molar-refractivity contribution in [1.29, 1.82) is 0 Å². The maximum Gasteiger partial charge on any atom is 0.335 e. The standard InChI is InChI=1S/C11H11ClO4S/c1-8-3-4-9(7-10(8)11(13)14)17(15,16)6-2-5-12/h2-5,7H,6H2,1H3,(H,13,14)/b5-2+. The van der Waals surface area contributed by atoms with E-state index in [4.69, 9.17) is 16.7 Å². The molecule has 0 amide bonds. The normalized spacial score (nSPS) is 11.9. The van der Waals surface area contributed by atoms with Gasteiger partial charge in [-0.25, -0.2) is 13.2 Å². The van der Waals surface area contributed by atoms with Crippen molar-refractivity contribution in [3.8, 4) is 0 Å². The minimum Gasteiger partial charge on any atom is -0.478 e. The maximum absolute atomic E-state index is 11.8. The number of aromatic carboxylic acids is 1. The van der Waals surface area contributed by atoms with E-state index in [1.807, 2.05) is 0 Å². The Hall–Kier alpha value is -1.33. The lowest BCUT2D eigenvalue weighted by Crippen LogP contribution is -2.07. The Labute approximate surface area is 104 Å². The van der Waals surface area contributed by atoms with Gasteiger partial charge < -0.3 is 5.11 Å². The Morgan fingerprint density at radius 1 is 1.47 bits per heavy atom. The molecular weight excluding hydrogens is 264 g/mol. The first-order valence-electron chi connectivity index (χ1n) is 4.70. The highest BCUT2D eigenvalue weighted by Crippen LogP contribution is 2.17. The molecule has 0 aliphatic rings. The average molecular weight is 275 g/mol. The lowest BCUT2D eigenvalue weighted by molar-refractivity contribution is 0.0696. The molecule has 4 nitrogen and oxygen atoms in total. The predicted octanol–water partition coefficient (Wildman–Crippen LogP) is 2.22. The Morgan fingerprint density at radius 3 is 2.65 bits per heavy atom. The second-order valence-electron chi connectivity index (χ2n) is 3.42. The van der Waals surface area contributed by atoms with Crippen LogP contribution < -0.4 is 0 Å². The first-order valence-corrected chi connectivity index (χ1v) is 6.79. The molecule has 92 valence electrons. The van der Waals surface area contributed by atoms with Gasteiger partial charge in [0.15, 0.2) is 9.84 Å². The van der Waals surface area contributed by atoms with E-state index < -0.39 is 15.8 Å². The van der Waals surface area contributed by atoms with Crippen LogP contribution in [0.25, 0.3) is 0 Å². The van der Waals surface area contributed by atoms with Crippen LogP contribution in [0.2, 0.25) is 0 Å². The topological polar surface area (TPSA) is 71.4 Å². The highest BCUT2D eigenvalue weighted by atomic mass is 35.5. The summed E-state index contributed by atoms with van der Waals surface area (Å²) in [7, 11) is -3.53. The van der Waals surface area contributed by atoms with Crippen LogP contribution in [0, 0.1) is 6.92 Å². The monoisotopic (exact) mass is 274 g/mol. The summed E-state index contributed by atoms with van der Waals surface area (Å²) in [6.45, 7) is 1.61. The van der Waals surface area contributed by atoms with Crippen molar-refractivity contribution in [2.45, 2.75) is 11.8 Å². The number of benzene rings is 1. The largest absolute Gasteiger partial charge is 0.478 e. The van der Waals surface area contributed by atoms with Crippen LogP contribution in [0.5, 0.6) is 0 Å². The van der Waals surface area contributed by atoms with Gasteiger partial charge in [0, 0.05) is 5.54 Å². The van der Waals surface area contributed by atoms with E-state index in [1.165, 1.54) is 18.2 Å². The zero-order valence-corrected chi connectivity index (χ0v) is 10.6. The molecule has 0 atom stereocenters. The number of hydrogen-bond donors (Lipinski definition) is 1. The third-order valence-corrected chi connectivity index (χ3v) is 3.98. The summed E-state index contributed by atoms with van der Waals surface area (Å²) >= 11 is 5.26. The Morgan fingerprint density at radius 2 is 2.12 bits per heavy atom. The van der Waals surface area contributed by atoms with Gasteiger partial charge in [0.1, 0.15) is 0 Å². The second kappa shape index (κ2) is 5.33. The molecule has 0 spiro atoms. The number of carbonyl (C=O) groups is 1. The summed E-state index contributed by atoms with van der Waals surface area (Å²) in [6, 6.07) is 4.02. The zero-order valence-electron chi connectivity index (χ0n) is 9.05. The summed E-state index contributed by atoms with van der Waals surface area (Å²) in [5.74, 6) is -1.40. The summed E-state index contributed by atoms with van der Waals surface area (Å²) in [5, 5.41) is 8.90. The molecule has 1 aromatic carbocycles. The van der Waals surface area contributed by atoms with Crippen LogP contribution >= 0.6 is 11.6 Å². The van der Waals surface area contributed by atoms with Crippen LogP contribution in [0.4, 0.5) is 0 Å². The number of carboxylic acids is 1. The van der Waals surface area contributed by atoms with E-state index in [0.717, 1.165) is 11.6 Å². The third-order valence-electron chi connectivity index (χ3n) is 2.20. The third kappa shape index (κ3) is 3.31. The fourth-order valence-electron chi connectivity index (χ4n) is 1.28. The fraction of sp³-hybridized carbons (Fsp3) is 0.182. The summed E-state index contributed by atoms with van der Waals surface area (Å²) < 4.78 is 23.5. The smallest absolute Gasteiger partial charge is 0.335 e. The molecule has 1 N–H and O–H groups in total. The molecule has 0 fully saturated rings. The van der Waals surface area contributed by atoms with Gasteiger partial charge in [-0.1, -0.05) is 23.7 Å². The Balaban J connectivity index is 3.25. The molecule has 1 rings (SSSR count). The molecule has 0 aliphatic carbocycles. The van der Waals surface area contributed by atoms with Crippen LogP contribution in [-0.4, -0.2) is 25.2 Å². The summed E-state index contributed by atoms with van der Waals surface area (Å²) in [5.41, 5.74) is 1.62. The molecule has 0 unspecified atom stereocenters. The van der Waals surface area contributed by atoms with Gasteiger partial charge in [0.2, 0.25) is 0 Å². The van der Waals surface area contributed by atoms with Crippen LogP contribution in [0.15, 0.2) is 34.7 Å². The van der Waals surface area contributed by atoms with Crippen LogP contribution in [0.3, 0.4) is 0 Å². The molecule has 0 radical (unpaired) electrons. The highest BCUT2D eigenvalue weighted by Gasteiger charge is 2.16. The van der Waals surface area contributed by atoms with E-state index in [2.05, 4.69) is 0 Å². The van der Waals surface area contributed by atoms with Crippen LogP contribution in [-0.2, 0) is 9.84 Å². The van der Waals surface area contributed by atoms with Crippen molar-refractivity contribution in [3.05, 3.63) is 40.9 Å². The SMILES string of the molecule is Cc1ccc(S(=O)(=O)C/C=C/Cl)cc1C(=O)O. The average Bonchev–Trinajstić information content (AvgIpc) is 2.26. The molecule has 0 saturated carbocycles. The molecule has 1 aromatic rings. The first kappa shape index (κ1) is 13.7. The van der Waals surface area contributed by atoms with Crippen molar-refractivity contribution >= 4 is 27.4 Å². The van der Waals surface area contributed by atoms with E-state index in [1.54, 1.807) is 6.92 Å². The van der Waals surface area contributed by atoms with Gasteiger partial charge >= 0.3 is 5.97 Å². The van der Waals surface area contributed by atoms with Gasteiger partial charge in [-0.2, -0.15) is 0 Å². The van der Waals surface area contributed by atoms with E-state index in [9.17, 15) is 13.2 Å². The Kier molecular flexibility index (Phi) is 4.31. The first-order chi connectivity index (χ1) is 7.88. The van der Waals surface area contributed by atoms with Gasteiger partial charge in [-0.05, 0) is 24.6 Å². The molecule has 0 saturated heterocycles. The van der Waals surface area contributed by atoms with Crippen molar-refractivity contribution in [2.75, 3.05) is 5.75 Å². The minimum atomic E-state index is -3.53. The molecular formula is C11H11ClO4S. The molecule has 17 heavy (non-hydrogen) atoms. The fourth-order valence-corrected chi connectivity index (χ4v) is 2.59. The van der Waals surface area contributed by atoms with E-state index >= 15 is 0 Å². The van der Waals surface area contributed by atoms with Gasteiger partial charge in [0.05, 0.1) is 16.2 Å². The molecule has 0 aliphatic heterocycles. The predicted molar refractivity (Wildman–Crippen MR) is 65.2 cm³/mol. The molecule has 0 heterocycles. The van der Waals surface area contributed by atoms with Crippen molar-refractivity contribution < 1.29 is 18.3 Å². The lowest BCUT2D eigenvalue weighted by Gasteiger charge is -2.05. The van der Waals surface area contributed by atoms with Crippen molar-refractivity contribution in [1.82, 2.24) is 0 Å². The molecule has 6 heteroatoms. The number of aryl methyl sites for hydroxylation is 1. The van der Waals surface area contributed by atoms with Gasteiger partial charge in [-0.3, -0.25) is 0 Å². The lowest BCUT2D eigenvalue weighted by atomic mass is 10.1. The van der Waals surface area contributed by atoms with Gasteiger partial charge in [-0.15, -0.1) is 0 Å². The van der Waals surface area contributed by atoms with Crippen LogP contribution in [0.1, 0.15) is 15.9 Å². The van der Waals surface area contributed by atoms with Crippen molar-refractivity contribution in [2.24, 2.45) is 0 Å². The summed E-state index contributed by atoms with van der Waals surface area (Å²) in [6.07, 6.45) is 1.29. The number of hydrogen-bond acceptors (Lipinski definition) is 3. The molecule has 0 aromatic heterocycles. The highest BCUT2D eigenvalue weighted by molar-refractivity contribution is 7.91. The second-order valence-corrected chi connectivity index (χ2v) is 5.71. The number of halogens is 1. The maximum atomic E-state index is 11.8. The van der Waals surface area contributed by atoms with E-state index in [-0.39, 0.29) is 16.2 Å². The number of carboxylic acid groups (broad SMARTS) is 1. The minimum absolute atomic E-state index is 0.0130. The quantitative estimate of drug-likeness (QED) is 0.914. The van der Waals surface area contributed by atoms with Gasteiger partial charge in [0.25, 0.3) is 0 Å². The number of sulfone groups is 1. The zero-order chi connectivity index (χ0) is 13.1. The van der Waals surface area contributed by atoms with E-state index in [0.29, 0.717) is 5.56 Å². The Bertz CT molecular complexity index is 561.